The van der Waals surface area contributed by atoms with Gasteiger partial charge in [-0.15, -0.1) is 0 Å². The Hall–Kier alpha value is -0.120. The summed E-state index contributed by atoms with van der Waals surface area (Å²) in [6.45, 7) is 11.2. The van der Waals surface area contributed by atoms with Gasteiger partial charge in [0.05, 0.1) is 99.1 Å². The highest BCUT2D eigenvalue weighted by Crippen LogP contribution is 2.08. The van der Waals surface area contributed by atoms with Crippen molar-refractivity contribution in [2.75, 3.05) is 117 Å². The van der Waals surface area contributed by atoms with Gasteiger partial charge in [0.1, 0.15) is 6.61 Å². The standard InChI is InChI=1S/C32H63IO10/c1-2-3-4-5-6-7-10-13-32(34)43-31-30-42-29-28-41-27-26-40-25-24-39-23-22-38-21-20-37-19-18-36-17-16-35-15-12-9-8-11-14-33/h2-31H2,1H3. The van der Waals surface area contributed by atoms with Crippen LogP contribution in [0.1, 0.15) is 84.0 Å². The van der Waals surface area contributed by atoms with E-state index in [1.165, 1.54) is 55.8 Å². The van der Waals surface area contributed by atoms with Gasteiger partial charge in [-0.1, -0.05) is 80.9 Å². The molecule has 0 unspecified atom stereocenters. The largest absolute Gasteiger partial charge is 0.463 e. The normalized spacial score (nSPS) is 11.4. The Kier molecular flexibility index (Phi) is 39.8. The number of carbonyl (C=O) groups excluding carboxylic acids is 1. The molecule has 0 rings (SSSR count). The summed E-state index contributed by atoms with van der Waals surface area (Å²) in [5.41, 5.74) is 0. The molecular formula is C32H63IO10. The molecule has 0 atom stereocenters. The van der Waals surface area contributed by atoms with E-state index in [1.54, 1.807) is 0 Å². The Morgan fingerprint density at radius 2 is 0.721 bits per heavy atom. The fourth-order valence-corrected chi connectivity index (χ4v) is 4.35. The molecule has 0 fully saturated rings. The minimum Gasteiger partial charge on any atom is -0.463 e. The number of unbranched alkanes of at least 4 members (excludes halogenated alkanes) is 9. The summed E-state index contributed by atoms with van der Waals surface area (Å²) >= 11 is 2.42. The van der Waals surface area contributed by atoms with Crippen LogP contribution in [-0.4, -0.2) is 123 Å². The van der Waals surface area contributed by atoms with Crippen LogP contribution in [0.3, 0.4) is 0 Å². The molecule has 0 radical (unpaired) electrons. The van der Waals surface area contributed by atoms with Crippen molar-refractivity contribution in [3.05, 3.63) is 0 Å². The van der Waals surface area contributed by atoms with Crippen molar-refractivity contribution >= 4 is 28.6 Å². The van der Waals surface area contributed by atoms with E-state index in [4.69, 9.17) is 42.6 Å². The van der Waals surface area contributed by atoms with Crippen LogP contribution in [-0.2, 0) is 47.4 Å². The predicted molar refractivity (Wildman–Crippen MR) is 177 cm³/mol. The molecule has 0 saturated heterocycles. The molecule has 0 bridgehead atoms. The maximum atomic E-state index is 11.7. The van der Waals surface area contributed by atoms with Crippen LogP contribution in [0.15, 0.2) is 0 Å². The molecule has 0 saturated carbocycles. The summed E-state index contributed by atoms with van der Waals surface area (Å²) in [4.78, 5) is 11.7. The van der Waals surface area contributed by atoms with Crippen LogP contribution < -0.4 is 0 Å². The van der Waals surface area contributed by atoms with Crippen LogP contribution in [0.2, 0.25) is 0 Å². The van der Waals surface area contributed by atoms with Gasteiger partial charge in [-0.05, 0) is 23.7 Å². The van der Waals surface area contributed by atoms with Crippen molar-refractivity contribution in [1.29, 1.82) is 0 Å². The minimum atomic E-state index is -0.135. The smallest absolute Gasteiger partial charge is 0.305 e. The van der Waals surface area contributed by atoms with Crippen molar-refractivity contribution in [2.45, 2.75) is 84.0 Å². The average molecular weight is 735 g/mol. The lowest BCUT2D eigenvalue weighted by atomic mass is 10.1. The first-order valence-electron chi connectivity index (χ1n) is 16.6. The van der Waals surface area contributed by atoms with Crippen molar-refractivity contribution in [3.8, 4) is 0 Å². The SMILES string of the molecule is CCCCCCCCCC(=O)OCCOCCOCCOCCOCCOCCOCCOCCOCCCCCCI. The summed E-state index contributed by atoms with van der Waals surface area (Å²) in [6.07, 6.45) is 13.8. The summed E-state index contributed by atoms with van der Waals surface area (Å²) in [5, 5.41) is 0. The highest BCUT2D eigenvalue weighted by atomic mass is 127. The van der Waals surface area contributed by atoms with Gasteiger partial charge in [0.25, 0.3) is 0 Å². The van der Waals surface area contributed by atoms with Crippen LogP contribution in [0.25, 0.3) is 0 Å². The fraction of sp³-hybridized carbons (Fsp3) is 0.969. The summed E-state index contributed by atoms with van der Waals surface area (Å²) in [7, 11) is 0. The molecule has 0 spiro atoms. The van der Waals surface area contributed by atoms with Gasteiger partial charge in [0.2, 0.25) is 0 Å². The Labute approximate surface area is 275 Å². The lowest BCUT2D eigenvalue weighted by Gasteiger charge is -2.09. The minimum absolute atomic E-state index is 0.135. The quantitative estimate of drug-likeness (QED) is 0.0335. The molecule has 11 heteroatoms. The number of esters is 1. The highest BCUT2D eigenvalue weighted by molar-refractivity contribution is 14.1. The van der Waals surface area contributed by atoms with Crippen LogP contribution in [0.5, 0.6) is 0 Å². The Bertz CT molecular complexity index is 530. The van der Waals surface area contributed by atoms with Crippen LogP contribution >= 0.6 is 22.6 Å². The van der Waals surface area contributed by atoms with Gasteiger partial charge in [0.15, 0.2) is 0 Å². The first kappa shape index (κ1) is 42.9. The molecule has 0 N–H and O–H groups in total. The number of ether oxygens (including phenoxy) is 9. The molecule has 43 heavy (non-hydrogen) atoms. The van der Waals surface area contributed by atoms with Crippen molar-refractivity contribution in [3.63, 3.8) is 0 Å². The molecule has 0 aliphatic heterocycles. The lowest BCUT2D eigenvalue weighted by molar-refractivity contribution is -0.145. The molecule has 0 aromatic heterocycles. The second-order valence-corrected chi connectivity index (χ2v) is 11.2. The van der Waals surface area contributed by atoms with Crippen molar-refractivity contribution in [2.24, 2.45) is 0 Å². The average Bonchev–Trinajstić information content (AvgIpc) is 3.01. The van der Waals surface area contributed by atoms with Gasteiger partial charge in [0, 0.05) is 13.0 Å². The molecule has 258 valence electrons. The second-order valence-electron chi connectivity index (χ2n) is 10.1. The molecular weight excluding hydrogens is 671 g/mol. The zero-order valence-corrected chi connectivity index (χ0v) is 29.3. The zero-order valence-electron chi connectivity index (χ0n) is 27.2. The Balaban J connectivity index is 3.09. The van der Waals surface area contributed by atoms with E-state index >= 15 is 0 Å². The van der Waals surface area contributed by atoms with Gasteiger partial charge < -0.3 is 42.6 Å². The molecule has 0 aliphatic carbocycles. The van der Waals surface area contributed by atoms with E-state index in [0.29, 0.717) is 112 Å². The number of alkyl halides is 1. The van der Waals surface area contributed by atoms with E-state index in [-0.39, 0.29) is 5.97 Å². The van der Waals surface area contributed by atoms with Gasteiger partial charge in [-0.2, -0.15) is 0 Å². The molecule has 0 amide bonds. The maximum absolute atomic E-state index is 11.7. The highest BCUT2D eigenvalue weighted by Gasteiger charge is 2.02. The van der Waals surface area contributed by atoms with Crippen molar-refractivity contribution in [1.82, 2.24) is 0 Å². The van der Waals surface area contributed by atoms with Crippen molar-refractivity contribution < 1.29 is 47.4 Å². The van der Waals surface area contributed by atoms with Gasteiger partial charge in [-0.3, -0.25) is 4.79 Å². The third kappa shape index (κ3) is 39.9. The maximum Gasteiger partial charge on any atom is 0.305 e. The topological polar surface area (TPSA) is 100 Å². The van der Waals surface area contributed by atoms with E-state index in [1.807, 2.05) is 0 Å². The molecule has 10 nitrogen and oxygen atoms in total. The summed E-state index contributed by atoms with van der Waals surface area (Å²) < 4.78 is 50.3. The van der Waals surface area contributed by atoms with E-state index in [0.717, 1.165) is 25.9 Å². The number of hydrogen-bond donors (Lipinski definition) is 0. The number of rotatable bonds is 38. The zero-order chi connectivity index (χ0) is 31.2. The van der Waals surface area contributed by atoms with E-state index in [2.05, 4.69) is 29.5 Å². The lowest BCUT2D eigenvalue weighted by Crippen LogP contribution is -2.15. The van der Waals surface area contributed by atoms with Gasteiger partial charge in [-0.25, -0.2) is 0 Å². The Morgan fingerprint density at radius 3 is 1.14 bits per heavy atom. The predicted octanol–water partition coefficient (Wildman–Crippen LogP) is 5.80. The van der Waals surface area contributed by atoms with E-state index < -0.39 is 0 Å². The first-order chi connectivity index (χ1) is 21.3. The van der Waals surface area contributed by atoms with Gasteiger partial charge >= 0.3 is 5.97 Å². The summed E-state index contributed by atoms with van der Waals surface area (Å²) in [6, 6.07) is 0. The number of carbonyl (C=O) groups is 1. The summed E-state index contributed by atoms with van der Waals surface area (Å²) in [5.74, 6) is -0.135. The molecule has 0 aromatic carbocycles. The third-order valence-corrected chi connectivity index (χ3v) is 7.01. The second kappa shape index (κ2) is 39.9. The molecule has 0 aromatic rings. The number of hydrogen-bond acceptors (Lipinski definition) is 10. The van der Waals surface area contributed by atoms with Crippen LogP contribution in [0, 0.1) is 0 Å². The number of halogens is 1. The third-order valence-electron chi connectivity index (χ3n) is 6.25. The van der Waals surface area contributed by atoms with E-state index in [9.17, 15) is 4.79 Å². The molecule has 0 heterocycles. The first-order valence-corrected chi connectivity index (χ1v) is 18.2. The molecule has 0 aliphatic rings. The monoisotopic (exact) mass is 734 g/mol. The fourth-order valence-electron chi connectivity index (χ4n) is 3.81. The van der Waals surface area contributed by atoms with Crippen LogP contribution in [0.4, 0.5) is 0 Å². The Morgan fingerprint density at radius 1 is 0.395 bits per heavy atom.